The second-order valence-electron chi connectivity index (χ2n) is 5.50. The van der Waals surface area contributed by atoms with Crippen LogP contribution in [0.15, 0.2) is 41.5 Å². The van der Waals surface area contributed by atoms with Gasteiger partial charge in [-0.05, 0) is 18.2 Å². The third-order valence-electron chi connectivity index (χ3n) is 3.58. The van der Waals surface area contributed by atoms with E-state index in [4.69, 9.17) is 25.8 Å². The van der Waals surface area contributed by atoms with Crippen molar-refractivity contribution in [3.63, 3.8) is 0 Å². The first-order valence-corrected chi connectivity index (χ1v) is 8.74. The molecule has 0 radical (unpaired) electrons. The highest BCUT2D eigenvalue weighted by Gasteiger charge is 2.11. The van der Waals surface area contributed by atoms with Crippen molar-refractivity contribution >= 4 is 23.2 Å². The molecule has 2 N–H and O–H groups in total. The summed E-state index contributed by atoms with van der Waals surface area (Å²) in [7, 11) is 1.71. The topological polar surface area (TPSA) is 77.0 Å². The standard InChI is InChI=1S/C18H21ClN4O3/c1-20-18(21-7-10-26-17-6-3-13(19)12-22-17)23-14-4-5-15-16(11-14)25-9-2-8-24-15/h3-6,11-12H,2,7-10H2,1H3,(H2,20,21,23). The molecule has 0 saturated heterocycles. The maximum absolute atomic E-state index is 5.79. The number of ether oxygens (including phenoxy) is 3. The van der Waals surface area contributed by atoms with E-state index in [2.05, 4.69) is 20.6 Å². The van der Waals surface area contributed by atoms with E-state index in [0.29, 0.717) is 43.2 Å². The highest BCUT2D eigenvalue weighted by atomic mass is 35.5. The number of nitrogens with zero attached hydrogens (tertiary/aromatic N) is 2. The van der Waals surface area contributed by atoms with Crippen LogP contribution in [0.1, 0.15) is 6.42 Å². The van der Waals surface area contributed by atoms with Gasteiger partial charge in [-0.25, -0.2) is 4.98 Å². The van der Waals surface area contributed by atoms with E-state index < -0.39 is 0 Å². The van der Waals surface area contributed by atoms with Gasteiger partial charge >= 0.3 is 0 Å². The lowest BCUT2D eigenvalue weighted by Crippen LogP contribution is -2.33. The Kier molecular flexibility index (Phi) is 6.38. The zero-order valence-electron chi connectivity index (χ0n) is 14.5. The summed E-state index contributed by atoms with van der Waals surface area (Å²) < 4.78 is 16.9. The smallest absolute Gasteiger partial charge is 0.213 e. The van der Waals surface area contributed by atoms with E-state index in [1.807, 2.05) is 18.2 Å². The van der Waals surface area contributed by atoms with E-state index >= 15 is 0 Å². The van der Waals surface area contributed by atoms with Crippen LogP contribution in [0, 0.1) is 0 Å². The molecule has 2 heterocycles. The van der Waals surface area contributed by atoms with E-state index in [1.165, 1.54) is 0 Å². The fourth-order valence-corrected chi connectivity index (χ4v) is 2.44. The number of nitrogens with one attached hydrogen (secondary N) is 2. The molecular formula is C18H21ClN4O3. The van der Waals surface area contributed by atoms with Gasteiger partial charge in [0.05, 0.1) is 24.8 Å². The summed E-state index contributed by atoms with van der Waals surface area (Å²) in [6.07, 6.45) is 2.43. The zero-order valence-corrected chi connectivity index (χ0v) is 15.3. The summed E-state index contributed by atoms with van der Waals surface area (Å²) in [5, 5.41) is 6.98. The van der Waals surface area contributed by atoms with Crippen LogP contribution >= 0.6 is 11.6 Å². The number of hydrogen-bond donors (Lipinski definition) is 2. The fraction of sp³-hybridized carbons (Fsp3) is 0.333. The highest BCUT2D eigenvalue weighted by Crippen LogP contribution is 2.32. The van der Waals surface area contributed by atoms with Crippen LogP contribution in [-0.4, -0.2) is 44.4 Å². The molecule has 0 saturated carbocycles. The first-order valence-electron chi connectivity index (χ1n) is 8.36. The number of halogens is 1. The van der Waals surface area contributed by atoms with Gasteiger partial charge in [0.1, 0.15) is 6.61 Å². The predicted molar refractivity (Wildman–Crippen MR) is 102 cm³/mol. The summed E-state index contributed by atoms with van der Waals surface area (Å²) >= 11 is 5.79. The van der Waals surface area contributed by atoms with Gasteiger partial charge in [0.2, 0.25) is 5.88 Å². The Hall–Kier alpha value is -2.67. The number of aliphatic imine (C=N–C) groups is 1. The summed E-state index contributed by atoms with van der Waals surface area (Å²) in [6.45, 7) is 2.33. The molecular weight excluding hydrogens is 356 g/mol. The lowest BCUT2D eigenvalue weighted by molar-refractivity contribution is 0.297. The minimum atomic E-state index is 0.441. The lowest BCUT2D eigenvalue weighted by Gasteiger charge is -2.14. The lowest BCUT2D eigenvalue weighted by atomic mass is 10.3. The van der Waals surface area contributed by atoms with E-state index in [0.717, 1.165) is 23.6 Å². The van der Waals surface area contributed by atoms with Crippen molar-refractivity contribution in [1.29, 1.82) is 0 Å². The third kappa shape index (κ3) is 5.16. The van der Waals surface area contributed by atoms with Crippen molar-refractivity contribution in [3.05, 3.63) is 41.6 Å². The molecule has 2 aromatic rings. The van der Waals surface area contributed by atoms with Crippen LogP contribution in [-0.2, 0) is 0 Å². The largest absolute Gasteiger partial charge is 0.490 e. The highest BCUT2D eigenvalue weighted by molar-refractivity contribution is 6.30. The molecule has 1 aliphatic rings. The van der Waals surface area contributed by atoms with Crippen molar-refractivity contribution in [3.8, 4) is 17.4 Å². The average molecular weight is 377 g/mol. The SMILES string of the molecule is CN=C(NCCOc1ccc(Cl)cn1)Nc1ccc2c(c1)OCCCO2. The van der Waals surface area contributed by atoms with Gasteiger partial charge in [-0.1, -0.05) is 11.6 Å². The Morgan fingerprint density at radius 2 is 2.08 bits per heavy atom. The van der Waals surface area contributed by atoms with E-state index in [-0.39, 0.29) is 0 Å². The first-order chi connectivity index (χ1) is 12.7. The van der Waals surface area contributed by atoms with E-state index in [1.54, 1.807) is 25.4 Å². The predicted octanol–water partition coefficient (Wildman–Crippen LogP) is 2.96. The molecule has 1 aromatic heterocycles. The van der Waals surface area contributed by atoms with Crippen LogP contribution in [0.5, 0.6) is 17.4 Å². The zero-order chi connectivity index (χ0) is 18.2. The van der Waals surface area contributed by atoms with Crippen LogP contribution in [0.2, 0.25) is 5.02 Å². The Morgan fingerprint density at radius 3 is 2.85 bits per heavy atom. The monoisotopic (exact) mass is 376 g/mol. The molecule has 138 valence electrons. The summed E-state index contributed by atoms with van der Waals surface area (Å²) in [5.74, 6) is 2.66. The fourth-order valence-electron chi connectivity index (χ4n) is 2.33. The molecule has 0 atom stereocenters. The Balaban J connectivity index is 1.48. The average Bonchev–Trinajstić information content (AvgIpc) is 2.90. The second kappa shape index (κ2) is 9.15. The van der Waals surface area contributed by atoms with Crippen molar-refractivity contribution in [2.45, 2.75) is 6.42 Å². The molecule has 1 aliphatic heterocycles. The number of anilines is 1. The molecule has 3 rings (SSSR count). The second-order valence-corrected chi connectivity index (χ2v) is 5.94. The van der Waals surface area contributed by atoms with E-state index in [9.17, 15) is 0 Å². The maximum atomic E-state index is 5.79. The maximum Gasteiger partial charge on any atom is 0.213 e. The minimum absolute atomic E-state index is 0.441. The summed E-state index contributed by atoms with van der Waals surface area (Å²) in [6, 6.07) is 9.19. The molecule has 0 fully saturated rings. The molecule has 8 heteroatoms. The van der Waals surface area contributed by atoms with Gasteiger partial charge in [-0.3, -0.25) is 4.99 Å². The number of hydrogen-bond acceptors (Lipinski definition) is 5. The van der Waals surface area contributed by atoms with Gasteiger partial charge in [0.15, 0.2) is 17.5 Å². The molecule has 0 bridgehead atoms. The van der Waals surface area contributed by atoms with Crippen molar-refractivity contribution in [2.75, 3.05) is 38.7 Å². The Labute approximate surface area is 157 Å². The number of pyridine rings is 1. The van der Waals surface area contributed by atoms with Gasteiger partial charge in [-0.15, -0.1) is 0 Å². The Morgan fingerprint density at radius 1 is 1.23 bits per heavy atom. The first kappa shape index (κ1) is 18.1. The van der Waals surface area contributed by atoms with Gasteiger partial charge < -0.3 is 24.8 Å². The van der Waals surface area contributed by atoms with Crippen molar-refractivity contribution < 1.29 is 14.2 Å². The number of guanidine groups is 1. The minimum Gasteiger partial charge on any atom is -0.490 e. The molecule has 0 amide bonds. The van der Waals surface area contributed by atoms with Crippen LogP contribution in [0.25, 0.3) is 0 Å². The van der Waals surface area contributed by atoms with Crippen LogP contribution in [0.4, 0.5) is 5.69 Å². The van der Waals surface area contributed by atoms with Crippen molar-refractivity contribution in [1.82, 2.24) is 10.3 Å². The quantitative estimate of drug-likeness (QED) is 0.474. The molecule has 1 aromatic carbocycles. The number of rotatable bonds is 5. The summed E-state index contributed by atoms with van der Waals surface area (Å²) in [5.41, 5.74) is 0.864. The molecule has 7 nitrogen and oxygen atoms in total. The molecule has 0 unspecified atom stereocenters. The molecule has 0 spiro atoms. The Bertz CT molecular complexity index is 753. The summed E-state index contributed by atoms with van der Waals surface area (Å²) in [4.78, 5) is 8.28. The molecule has 26 heavy (non-hydrogen) atoms. The van der Waals surface area contributed by atoms with Gasteiger partial charge in [0, 0.05) is 37.5 Å². The number of aromatic nitrogens is 1. The molecule has 0 aliphatic carbocycles. The number of benzene rings is 1. The third-order valence-corrected chi connectivity index (χ3v) is 3.80. The van der Waals surface area contributed by atoms with Crippen molar-refractivity contribution in [2.24, 2.45) is 4.99 Å². The number of fused-ring (bicyclic) bond motifs is 1. The van der Waals surface area contributed by atoms with Crippen LogP contribution in [0.3, 0.4) is 0 Å². The van der Waals surface area contributed by atoms with Crippen LogP contribution < -0.4 is 24.8 Å². The van der Waals surface area contributed by atoms with Gasteiger partial charge in [0.25, 0.3) is 0 Å². The normalized spacial score (nSPS) is 13.7. The van der Waals surface area contributed by atoms with Gasteiger partial charge in [-0.2, -0.15) is 0 Å².